The van der Waals surface area contributed by atoms with Crippen LogP contribution in [-0.2, 0) is 4.79 Å². The SMILES string of the molecule is Cc1sc(NC(=O)CSc2nnc(-c3ccccc3F)n2-c2ccccc2)c(C#N)c1C. The maximum atomic E-state index is 14.5. The largest absolute Gasteiger partial charge is 0.316 e. The molecule has 1 N–H and O–H groups in total. The molecule has 32 heavy (non-hydrogen) atoms. The number of thiophene rings is 1. The van der Waals surface area contributed by atoms with Crippen LogP contribution >= 0.6 is 23.1 Å². The molecule has 0 fully saturated rings. The van der Waals surface area contributed by atoms with Crippen molar-refractivity contribution in [1.82, 2.24) is 14.8 Å². The molecule has 2 aromatic carbocycles. The van der Waals surface area contributed by atoms with E-state index >= 15 is 0 Å². The summed E-state index contributed by atoms with van der Waals surface area (Å²) in [6.45, 7) is 3.78. The van der Waals surface area contributed by atoms with Gasteiger partial charge in [-0.1, -0.05) is 42.1 Å². The Kier molecular flexibility index (Phi) is 6.35. The Morgan fingerprint density at radius 1 is 1.16 bits per heavy atom. The Morgan fingerprint density at radius 2 is 1.88 bits per heavy atom. The minimum absolute atomic E-state index is 0.0586. The number of nitrogens with one attached hydrogen (secondary N) is 1. The summed E-state index contributed by atoms with van der Waals surface area (Å²) in [6, 6.07) is 17.9. The van der Waals surface area contributed by atoms with E-state index in [2.05, 4.69) is 21.6 Å². The lowest BCUT2D eigenvalue weighted by Crippen LogP contribution is -2.14. The lowest BCUT2D eigenvalue weighted by Gasteiger charge is -2.10. The fourth-order valence-corrected chi connectivity index (χ4v) is 4.91. The summed E-state index contributed by atoms with van der Waals surface area (Å²) in [5.74, 6) is -0.251. The number of rotatable bonds is 6. The summed E-state index contributed by atoms with van der Waals surface area (Å²) < 4.78 is 16.2. The maximum absolute atomic E-state index is 14.5. The van der Waals surface area contributed by atoms with Crippen LogP contribution in [0.1, 0.15) is 16.0 Å². The molecule has 0 saturated heterocycles. The first-order valence-corrected chi connectivity index (χ1v) is 11.5. The van der Waals surface area contributed by atoms with E-state index in [0.29, 0.717) is 27.1 Å². The van der Waals surface area contributed by atoms with Gasteiger partial charge in [-0.2, -0.15) is 5.26 Å². The van der Waals surface area contributed by atoms with Crippen LogP contribution in [0.2, 0.25) is 0 Å². The number of hydrogen-bond acceptors (Lipinski definition) is 6. The van der Waals surface area contributed by atoms with E-state index in [-0.39, 0.29) is 11.7 Å². The normalized spacial score (nSPS) is 10.7. The van der Waals surface area contributed by atoms with Gasteiger partial charge >= 0.3 is 0 Å². The molecule has 2 heterocycles. The first-order valence-electron chi connectivity index (χ1n) is 9.68. The summed E-state index contributed by atoms with van der Waals surface area (Å²) in [5.41, 5.74) is 2.44. The number of amides is 1. The fourth-order valence-electron chi connectivity index (χ4n) is 3.13. The molecule has 6 nitrogen and oxygen atoms in total. The van der Waals surface area contributed by atoms with Crippen LogP contribution in [0.25, 0.3) is 17.1 Å². The zero-order valence-electron chi connectivity index (χ0n) is 17.3. The number of nitrogens with zero attached hydrogens (tertiary/aromatic N) is 4. The van der Waals surface area contributed by atoms with Crippen LogP contribution in [0.4, 0.5) is 9.39 Å². The summed E-state index contributed by atoms with van der Waals surface area (Å²) in [7, 11) is 0. The van der Waals surface area contributed by atoms with Gasteiger partial charge in [-0.15, -0.1) is 21.5 Å². The maximum Gasteiger partial charge on any atom is 0.235 e. The van der Waals surface area contributed by atoms with Crippen LogP contribution in [0.5, 0.6) is 0 Å². The Morgan fingerprint density at radius 3 is 2.59 bits per heavy atom. The van der Waals surface area contributed by atoms with Crippen molar-refractivity contribution in [2.75, 3.05) is 11.1 Å². The summed E-state index contributed by atoms with van der Waals surface area (Å²) in [5, 5.41) is 21.6. The molecule has 2 aromatic heterocycles. The molecule has 0 radical (unpaired) electrons. The second-order valence-corrected chi connectivity index (χ2v) is 9.06. The van der Waals surface area contributed by atoms with E-state index in [1.54, 1.807) is 22.8 Å². The van der Waals surface area contributed by atoms with E-state index in [4.69, 9.17) is 0 Å². The number of carbonyl (C=O) groups is 1. The van der Waals surface area contributed by atoms with Crippen molar-refractivity contribution in [1.29, 1.82) is 5.26 Å². The van der Waals surface area contributed by atoms with Gasteiger partial charge < -0.3 is 5.32 Å². The predicted octanol–water partition coefficient (Wildman–Crippen LogP) is 5.35. The summed E-state index contributed by atoms with van der Waals surface area (Å²) >= 11 is 2.57. The van der Waals surface area contributed by atoms with Gasteiger partial charge in [0.05, 0.1) is 16.9 Å². The molecule has 0 bridgehead atoms. The molecule has 160 valence electrons. The zero-order chi connectivity index (χ0) is 22.7. The van der Waals surface area contributed by atoms with Crippen molar-refractivity contribution in [3.63, 3.8) is 0 Å². The topological polar surface area (TPSA) is 83.6 Å². The molecular formula is C23H18FN5OS2. The first kappa shape index (κ1) is 21.7. The molecule has 0 spiro atoms. The molecule has 0 atom stereocenters. The second-order valence-electron chi connectivity index (χ2n) is 6.89. The van der Waals surface area contributed by atoms with E-state index < -0.39 is 5.82 Å². The third-order valence-electron chi connectivity index (χ3n) is 4.84. The Hall–Kier alpha value is -3.48. The van der Waals surface area contributed by atoms with Gasteiger partial charge in [-0.3, -0.25) is 9.36 Å². The van der Waals surface area contributed by atoms with Gasteiger partial charge in [0.2, 0.25) is 5.91 Å². The molecule has 0 aliphatic heterocycles. The summed E-state index contributed by atoms with van der Waals surface area (Å²) in [6.07, 6.45) is 0. The Labute approximate surface area is 192 Å². The van der Waals surface area contributed by atoms with E-state index in [1.807, 2.05) is 44.2 Å². The van der Waals surface area contributed by atoms with Crippen molar-refractivity contribution in [3.05, 3.63) is 76.4 Å². The molecule has 9 heteroatoms. The number of anilines is 1. The minimum atomic E-state index is -0.404. The number of halogens is 1. The average molecular weight is 464 g/mol. The van der Waals surface area contributed by atoms with Gasteiger partial charge in [-0.25, -0.2) is 4.39 Å². The number of hydrogen-bond donors (Lipinski definition) is 1. The molecule has 1 amide bonds. The van der Waals surface area contributed by atoms with Crippen LogP contribution < -0.4 is 5.32 Å². The highest BCUT2D eigenvalue weighted by molar-refractivity contribution is 7.99. The van der Waals surface area contributed by atoms with E-state index in [1.165, 1.54) is 29.2 Å². The van der Waals surface area contributed by atoms with Crippen LogP contribution in [-0.4, -0.2) is 26.4 Å². The van der Waals surface area contributed by atoms with Crippen LogP contribution in [0, 0.1) is 31.0 Å². The number of thioether (sulfide) groups is 1. The Balaban J connectivity index is 1.61. The standard InChI is InChI=1S/C23H18FN5OS2/c1-14-15(2)32-22(18(14)12-25)26-20(30)13-31-23-28-27-21(17-10-6-7-11-19(17)24)29(23)16-8-4-3-5-9-16/h3-11H,13H2,1-2H3,(H,26,30). The molecule has 4 aromatic rings. The smallest absolute Gasteiger partial charge is 0.235 e. The van der Waals surface area contributed by atoms with E-state index in [0.717, 1.165) is 16.1 Å². The number of aryl methyl sites for hydroxylation is 1. The number of para-hydroxylation sites is 1. The fraction of sp³-hybridized carbons (Fsp3) is 0.130. The average Bonchev–Trinajstić information content (AvgIpc) is 3.33. The number of aromatic nitrogens is 3. The lowest BCUT2D eigenvalue weighted by atomic mass is 10.2. The molecule has 0 saturated carbocycles. The first-order chi connectivity index (χ1) is 15.5. The quantitative estimate of drug-likeness (QED) is 0.390. The van der Waals surface area contributed by atoms with Gasteiger partial charge in [0.15, 0.2) is 11.0 Å². The predicted molar refractivity (Wildman–Crippen MR) is 125 cm³/mol. The molecule has 0 aliphatic rings. The molecular weight excluding hydrogens is 445 g/mol. The number of benzene rings is 2. The van der Waals surface area contributed by atoms with Crippen LogP contribution in [0.15, 0.2) is 59.8 Å². The number of nitriles is 1. The highest BCUT2D eigenvalue weighted by atomic mass is 32.2. The van der Waals surface area contributed by atoms with Crippen molar-refractivity contribution in [3.8, 4) is 23.1 Å². The Bertz CT molecular complexity index is 1320. The highest BCUT2D eigenvalue weighted by Gasteiger charge is 2.20. The number of carbonyl (C=O) groups excluding carboxylic acids is 1. The van der Waals surface area contributed by atoms with Crippen molar-refractivity contribution >= 4 is 34.0 Å². The molecule has 4 rings (SSSR count). The highest BCUT2D eigenvalue weighted by Crippen LogP contribution is 2.32. The van der Waals surface area contributed by atoms with Crippen molar-refractivity contribution in [2.24, 2.45) is 0 Å². The third-order valence-corrected chi connectivity index (χ3v) is 6.90. The molecule has 0 unspecified atom stereocenters. The summed E-state index contributed by atoms with van der Waals surface area (Å²) in [4.78, 5) is 13.6. The van der Waals surface area contributed by atoms with Crippen molar-refractivity contribution in [2.45, 2.75) is 19.0 Å². The monoisotopic (exact) mass is 463 g/mol. The minimum Gasteiger partial charge on any atom is -0.316 e. The van der Waals surface area contributed by atoms with Gasteiger partial charge in [-0.05, 0) is 43.7 Å². The lowest BCUT2D eigenvalue weighted by molar-refractivity contribution is -0.113. The van der Waals surface area contributed by atoms with Crippen LogP contribution in [0.3, 0.4) is 0 Å². The third kappa shape index (κ3) is 4.28. The van der Waals surface area contributed by atoms with Crippen molar-refractivity contribution < 1.29 is 9.18 Å². The second kappa shape index (κ2) is 9.34. The molecule has 0 aliphatic carbocycles. The van der Waals surface area contributed by atoms with E-state index in [9.17, 15) is 14.4 Å². The van der Waals surface area contributed by atoms with Gasteiger partial charge in [0.25, 0.3) is 0 Å². The van der Waals surface area contributed by atoms with Gasteiger partial charge in [0, 0.05) is 10.6 Å². The zero-order valence-corrected chi connectivity index (χ0v) is 18.9. The van der Waals surface area contributed by atoms with Gasteiger partial charge in [0.1, 0.15) is 16.9 Å².